The molecule has 0 aromatic carbocycles. The molecule has 0 N–H and O–H groups in total. The Hall–Kier alpha value is -3.22. The number of hydrogen-bond donors (Lipinski definition) is 0. The largest absolute Gasteiger partial charge is 0.337 e. The van der Waals surface area contributed by atoms with E-state index in [2.05, 4.69) is 23.4 Å². The Labute approximate surface area is 176 Å². The van der Waals surface area contributed by atoms with E-state index in [0.29, 0.717) is 19.5 Å². The van der Waals surface area contributed by atoms with Crippen LogP contribution in [0.25, 0.3) is 16.7 Å². The van der Waals surface area contributed by atoms with Crippen molar-refractivity contribution in [3.8, 4) is 11.1 Å². The number of rotatable bonds is 1. The standard InChI is InChI=1S/C23H26N6O/c1-4-28-14-22-20(12-27(3)26-22)16-10-18-17(7-8-21(18)24-11-16)19-13-29(25-15(19)2)9-5-6-23(28)30/h7,10-13H,4-6,8-9,14H2,1-3H3. The summed E-state index contributed by atoms with van der Waals surface area (Å²) in [7, 11) is 1.92. The molecule has 1 amide bonds. The molecule has 7 nitrogen and oxygen atoms in total. The molecule has 154 valence electrons. The molecular weight excluding hydrogens is 376 g/mol. The van der Waals surface area contributed by atoms with Gasteiger partial charge in [0, 0.05) is 73.8 Å². The first-order valence-electron chi connectivity index (χ1n) is 10.6. The lowest BCUT2D eigenvalue weighted by Crippen LogP contribution is -2.30. The summed E-state index contributed by atoms with van der Waals surface area (Å²) in [4.78, 5) is 19.5. The fraction of sp³-hybridized carbons (Fsp3) is 0.391. The molecule has 5 rings (SSSR count). The maximum atomic E-state index is 12.9. The van der Waals surface area contributed by atoms with Gasteiger partial charge in [-0.1, -0.05) is 6.08 Å². The van der Waals surface area contributed by atoms with E-state index in [1.807, 2.05) is 47.6 Å². The normalized spacial score (nSPS) is 16.2. The molecule has 7 heteroatoms. The maximum absolute atomic E-state index is 12.9. The van der Waals surface area contributed by atoms with Crippen LogP contribution < -0.4 is 0 Å². The molecule has 0 saturated heterocycles. The number of pyridine rings is 1. The van der Waals surface area contributed by atoms with Crippen molar-refractivity contribution in [2.24, 2.45) is 7.05 Å². The third-order valence-corrected chi connectivity index (χ3v) is 6.07. The molecule has 1 aliphatic heterocycles. The Morgan fingerprint density at radius 1 is 1.10 bits per heavy atom. The Morgan fingerprint density at radius 2 is 1.97 bits per heavy atom. The van der Waals surface area contributed by atoms with Crippen LogP contribution in [0.3, 0.4) is 0 Å². The molecule has 0 spiro atoms. The minimum Gasteiger partial charge on any atom is -0.337 e. The van der Waals surface area contributed by atoms with Gasteiger partial charge in [0.05, 0.1) is 23.6 Å². The maximum Gasteiger partial charge on any atom is 0.222 e. The Kier molecular flexibility index (Phi) is 4.53. The molecule has 1 aliphatic carbocycles. The lowest BCUT2D eigenvalue weighted by Gasteiger charge is -2.20. The van der Waals surface area contributed by atoms with Crippen molar-refractivity contribution in [2.75, 3.05) is 6.54 Å². The highest BCUT2D eigenvalue weighted by atomic mass is 16.2. The average Bonchev–Trinajstić information content (AvgIpc) is 3.41. The van der Waals surface area contributed by atoms with Gasteiger partial charge in [-0.25, -0.2) is 0 Å². The highest BCUT2D eigenvalue weighted by Gasteiger charge is 2.23. The Bertz CT molecular complexity index is 1170. The van der Waals surface area contributed by atoms with E-state index in [4.69, 9.17) is 10.1 Å². The van der Waals surface area contributed by atoms with E-state index < -0.39 is 0 Å². The van der Waals surface area contributed by atoms with Crippen LogP contribution in [0.1, 0.15) is 48.0 Å². The SMILES string of the molecule is CCN1Cc2nn(C)cc2-c2cnc3c(c2)C(=CC3)c2cn(nc2C)CCCC1=O. The number of nitrogens with zero attached hydrogens (tertiary/aromatic N) is 6. The first-order valence-corrected chi connectivity index (χ1v) is 10.6. The van der Waals surface area contributed by atoms with Crippen molar-refractivity contribution in [1.82, 2.24) is 29.4 Å². The van der Waals surface area contributed by atoms with Crippen molar-refractivity contribution in [1.29, 1.82) is 0 Å². The minimum absolute atomic E-state index is 0.156. The molecule has 30 heavy (non-hydrogen) atoms. The molecule has 0 unspecified atom stereocenters. The smallest absolute Gasteiger partial charge is 0.222 e. The number of aryl methyl sites for hydroxylation is 3. The summed E-state index contributed by atoms with van der Waals surface area (Å²) in [5.41, 5.74) is 8.61. The van der Waals surface area contributed by atoms with Crippen LogP contribution in [-0.2, 0) is 31.4 Å². The molecule has 0 fully saturated rings. The quantitative estimate of drug-likeness (QED) is 0.627. The molecule has 3 aromatic heterocycles. The second-order valence-corrected chi connectivity index (χ2v) is 8.11. The van der Waals surface area contributed by atoms with Gasteiger partial charge in [0.1, 0.15) is 0 Å². The number of allylic oxidation sites excluding steroid dienone is 1. The van der Waals surface area contributed by atoms with E-state index in [1.165, 1.54) is 11.1 Å². The molecule has 0 atom stereocenters. The van der Waals surface area contributed by atoms with Gasteiger partial charge in [-0.15, -0.1) is 0 Å². The molecular formula is C23H26N6O. The number of aromatic nitrogens is 5. The van der Waals surface area contributed by atoms with Gasteiger partial charge in [-0.05, 0) is 31.9 Å². The van der Waals surface area contributed by atoms with Crippen LogP contribution in [0.4, 0.5) is 0 Å². The molecule has 4 bridgehead atoms. The van der Waals surface area contributed by atoms with Crippen LogP contribution in [0, 0.1) is 6.92 Å². The highest BCUT2D eigenvalue weighted by Crippen LogP contribution is 2.36. The second-order valence-electron chi connectivity index (χ2n) is 8.11. The number of amides is 1. The fourth-order valence-corrected chi connectivity index (χ4v) is 4.50. The molecule has 2 aliphatic rings. The summed E-state index contributed by atoms with van der Waals surface area (Å²) in [5.74, 6) is 0.156. The minimum atomic E-state index is 0.156. The summed E-state index contributed by atoms with van der Waals surface area (Å²) < 4.78 is 3.80. The van der Waals surface area contributed by atoms with Crippen molar-refractivity contribution in [3.63, 3.8) is 0 Å². The molecule has 4 heterocycles. The first kappa shape index (κ1) is 18.8. The average molecular weight is 403 g/mol. The Balaban J connectivity index is 1.67. The van der Waals surface area contributed by atoms with Crippen LogP contribution >= 0.6 is 0 Å². The van der Waals surface area contributed by atoms with Gasteiger partial charge in [0.2, 0.25) is 5.91 Å². The van der Waals surface area contributed by atoms with Gasteiger partial charge in [-0.2, -0.15) is 10.2 Å². The van der Waals surface area contributed by atoms with Crippen LogP contribution in [0.5, 0.6) is 0 Å². The van der Waals surface area contributed by atoms with Gasteiger partial charge in [0.25, 0.3) is 0 Å². The first-order chi connectivity index (χ1) is 14.5. The van der Waals surface area contributed by atoms with Crippen LogP contribution in [0.2, 0.25) is 0 Å². The van der Waals surface area contributed by atoms with Crippen molar-refractivity contribution >= 4 is 11.5 Å². The molecule has 0 radical (unpaired) electrons. The number of hydrogen-bond acceptors (Lipinski definition) is 4. The highest BCUT2D eigenvalue weighted by molar-refractivity contribution is 5.86. The number of fused-ring (bicyclic) bond motifs is 6. The molecule has 0 saturated carbocycles. The van der Waals surface area contributed by atoms with E-state index >= 15 is 0 Å². The van der Waals surface area contributed by atoms with E-state index in [9.17, 15) is 4.79 Å². The molecule has 3 aromatic rings. The summed E-state index contributed by atoms with van der Waals surface area (Å²) in [5, 5.41) is 9.38. The number of carbonyl (C=O) groups is 1. The summed E-state index contributed by atoms with van der Waals surface area (Å²) >= 11 is 0. The third kappa shape index (κ3) is 3.14. The predicted molar refractivity (Wildman–Crippen MR) is 115 cm³/mol. The van der Waals surface area contributed by atoms with Crippen molar-refractivity contribution in [3.05, 3.63) is 58.9 Å². The summed E-state index contributed by atoms with van der Waals surface area (Å²) in [6, 6.07) is 2.22. The Morgan fingerprint density at radius 3 is 2.80 bits per heavy atom. The lowest BCUT2D eigenvalue weighted by atomic mass is 9.98. The zero-order chi connectivity index (χ0) is 20.8. The zero-order valence-electron chi connectivity index (χ0n) is 17.7. The van der Waals surface area contributed by atoms with E-state index in [1.54, 1.807) is 0 Å². The van der Waals surface area contributed by atoms with E-state index in [-0.39, 0.29) is 5.91 Å². The summed E-state index contributed by atoms with van der Waals surface area (Å²) in [6.07, 6.45) is 10.4. The van der Waals surface area contributed by atoms with E-state index in [0.717, 1.165) is 53.2 Å². The van der Waals surface area contributed by atoms with Crippen molar-refractivity contribution in [2.45, 2.75) is 46.2 Å². The zero-order valence-corrected chi connectivity index (χ0v) is 17.7. The van der Waals surface area contributed by atoms with Crippen LogP contribution in [0.15, 0.2) is 30.7 Å². The van der Waals surface area contributed by atoms with Gasteiger partial charge < -0.3 is 4.90 Å². The van der Waals surface area contributed by atoms with Gasteiger partial charge in [-0.3, -0.25) is 19.1 Å². The van der Waals surface area contributed by atoms with Crippen LogP contribution in [-0.4, -0.2) is 41.9 Å². The summed E-state index contributed by atoms with van der Waals surface area (Å²) in [6.45, 7) is 5.97. The van der Waals surface area contributed by atoms with Gasteiger partial charge >= 0.3 is 0 Å². The topological polar surface area (TPSA) is 68.8 Å². The van der Waals surface area contributed by atoms with Crippen molar-refractivity contribution < 1.29 is 4.79 Å². The third-order valence-electron chi connectivity index (χ3n) is 6.07. The second kappa shape index (κ2) is 7.23. The van der Waals surface area contributed by atoms with Gasteiger partial charge in [0.15, 0.2) is 0 Å². The predicted octanol–water partition coefficient (Wildman–Crippen LogP) is 3.12. The number of carbonyl (C=O) groups excluding carboxylic acids is 1. The monoisotopic (exact) mass is 402 g/mol. The fourth-order valence-electron chi connectivity index (χ4n) is 4.50. The lowest BCUT2D eigenvalue weighted by molar-refractivity contribution is -0.131.